The highest BCUT2D eigenvalue weighted by molar-refractivity contribution is 6.11. The number of carbonyl (C=O) groups excluding carboxylic acids is 2. The molecule has 84 valence electrons. The van der Waals surface area contributed by atoms with Gasteiger partial charge in [0.2, 0.25) is 0 Å². The Kier molecular flexibility index (Phi) is 6.88. The van der Waals surface area contributed by atoms with Crippen molar-refractivity contribution in [2.75, 3.05) is 6.61 Å². The maximum absolute atomic E-state index is 11.1. The smallest absolute Gasteiger partial charge is 0.341 e. The van der Waals surface area contributed by atoms with Crippen LogP contribution in [0.4, 0.5) is 0 Å². The quantitative estimate of drug-likeness (QED) is 0.170. The maximum Gasteiger partial charge on any atom is 0.341 e. The molecule has 5 nitrogen and oxygen atoms in total. The van der Waals surface area contributed by atoms with Crippen LogP contribution in [0.5, 0.6) is 0 Å². The van der Waals surface area contributed by atoms with Crippen molar-refractivity contribution >= 4 is 18.2 Å². The zero-order valence-corrected chi connectivity index (χ0v) is 8.56. The van der Waals surface area contributed by atoms with Crippen LogP contribution in [0, 0.1) is 0 Å². The van der Waals surface area contributed by atoms with Gasteiger partial charge in [0.15, 0.2) is 6.29 Å². The van der Waals surface area contributed by atoms with E-state index < -0.39 is 17.5 Å². The van der Waals surface area contributed by atoms with E-state index in [-0.39, 0.29) is 12.9 Å². The highest BCUT2D eigenvalue weighted by Gasteiger charge is 2.11. The minimum Gasteiger partial charge on any atom is -0.478 e. The van der Waals surface area contributed by atoms with Gasteiger partial charge in [0.1, 0.15) is 5.57 Å². The number of unbranched alkanes of at least 4 members (excludes halogenated alkanes) is 2. The van der Waals surface area contributed by atoms with Crippen LogP contribution in [-0.2, 0) is 19.1 Å². The normalized spacial score (nSPS) is 10.9. The molecule has 0 rings (SSSR count). The predicted octanol–water partition coefficient (Wildman–Crippen LogP) is 0.930. The van der Waals surface area contributed by atoms with Crippen molar-refractivity contribution in [1.29, 1.82) is 0 Å². The Morgan fingerprint density at radius 1 is 1.33 bits per heavy atom. The molecule has 0 unspecified atom stereocenters. The summed E-state index contributed by atoms with van der Waals surface area (Å²) in [6, 6.07) is 0. The summed E-state index contributed by atoms with van der Waals surface area (Å²) in [5.41, 5.74) is -0.473. The Bertz CT molecular complexity index is 267. The lowest BCUT2D eigenvalue weighted by molar-refractivity contribution is -0.140. The number of carboxylic acids is 1. The first-order valence-corrected chi connectivity index (χ1v) is 4.68. The second kappa shape index (κ2) is 7.73. The van der Waals surface area contributed by atoms with E-state index in [0.29, 0.717) is 12.5 Å². The molecule has 0 fully saturated rings. The van der Waals surface area contributed by atoms with Crippen molar-refractivity contribution in [2.45, 2.75) is 26.2 Å². The Morgan fingerprint density at radius 3 is 2.47 bits per heavy atom. The molecule has 0 bridgehead atoms. The first kappa shape index (κ1) is 13.4. The predicted molar refractivity (Wildman–Crippen MR) is 52.3 cm³/mol. The topological polar surface area (TPSA) is 80.7 Å². The van der Waals surface area contributed by atoms with Gasteiger partial charge >= 0.3 is 11.9 Å². The third-order valence-electron chi connectivity index (χ3n) is 1.62. The molecule has 5 heteroatoms. The van der Waals surface area contributed by atoms with Crippen molar-refractivity contribution in [2.24, 2.45) is 0 Å². The number of hydrogen-bond donors (Lipinski definition) is 1. The highest BCUT2D eigenvalue weighted by Crippen LogP contribution is 1.99. The summed E-state index contributed by atoms with van der Waals surface area (Å²) in [5.74, 6) is -2.23. The van der Waals surface area contributed by atoms with Gasteiger partial charge in [-0.2, -0.15) is 0 Å². The lowest BCUT2D eigenvalue weighted by Gasteiger charge is -2.02. The molecule has 0 heterocycles. The molecule has 1 N–H and O–H groups in total. The Morgan fingerprint density at radius 2 is 2.00 bits per heavy atom. The van der Waals surface area contributed by atoms with Gasteiger partial charge in [0, 0.05) is 6.08 Å². The minimum atomic E-state index is -1.34. The number of aldehydes is 1. The zero-order valence-electron chi connectivity index (χ0n) is 8.56. The number of hydrogen-bond acceptors (Lipinski definition) is 4. The number of aliphatic carboxylic acids is 1. The Balaban J connectivity index is 4.06. The van der Waals surface area contributed by atoms with Gasteiger partial charge in [-0.05, 0) is 6.42 Å². The summed E-state index contributed by atoms with van der Waals surface area (Å²) in [7, 11) is 0. The SMILES string of the molecule is CCCCCOC(=O)/C(C=O)=C/C(=O)O. The lowest BCUT2D eigenvalue weighted by Crippen LogP contribution is -2.11. The van der Waals surface area contributed by atoms with E-state index in [9.17, 15) is 14.4 Å². The molecule has 0 aromatic carbocycles. The van der Waals surface area contributed by atoms with Crippen LogP contribution in [0.1, 0.15) is 26.2 Å². The average Bonchev–Trinajstić information content (AvgIpc) is 2.20. The molecule has 0 amide bonds. The summed E-state index contributed by atoms with van der Waals surface area (Å²) >= 11 is 0. The standard InChI is InChI=1S/C10H14O5/c1-2-3-4-5-15-10(14)8(7-11)6-9(12)13/h6-7H,2-5H2,1H3,(H,12,13)/b8-6+. The van der Waals surface area contributed by atoms with Crippen LogP contribution in [0.2, 0.25) is 0 Å². The Hall–Kier alpha value is -1.65. The lowest BCUT2D eigenvalue weighted by atomic mass is 10.2. The van der Waals surface area contributed by atoms with Crippen LogP contribution in [0.15, 0.2) is 11.6 Å². The fraction of sp³-hybridized carbons (Fsp3) is 0.500. The van der Waals surface area contributed by atoms with Gasteiger partial charge in [-0.15, -0.1) is 0 Å². The first-order valence-electron chi connectivity index (χ1n) is 4.68. The van der Waals surface area contributed by atoms with Crippen LogP contribution >= 0.6 is 0 Å². The largest absolute Gasteiger partial charge is 0.478 e. The van der Waals surface area contributed by atoms with Gasteiger partial charge in [-0.25, -0.2) is 9.59 Å². The van der Waals surface area contributed by atoms with Gasteiger partial charge in [0.25, 0.3) is 0 Å². The van der Waals surface area contributed by atoms with Crippen LogP contribution < -0.4 is 0 Å². The number of carboxylic acid groups (broad SMARTS) is 1. The monoisotopic (exact) mass is 214 g/mol. The molecule has 0 aliphatic carbocycles. The molecule has 0 atom stereocenters. The number of carbonyl (C=O) groups is 3. The van der Waals surface area contributed by atoms with Crippen molar-refractivity contribution in [1.82, 2.24) is 0 Å². The van der Waals surface area contributed by atoms with E-state index >= 15 is 0 Å². The molecule has 0 radical (unpaired) electrons. The van der Waals surface area contributed by atoms with E-state index in [1.54, 1.807) is 0 Å². The fourth-order valence-corrected chi connectivity index (χ4v) is 0.874. The van der Waals surface area contributed by atoms with Crippen molar-refractivity contribution < 1.29 is 24.2 Å². The second-order valence-electron chi connectivity index (χ2n) is 2.90. The van der Waals surface area contributed by atoms with Gasteiger partial charge in [0.05, 0.1) is 6.61 Å². The van der Waals surface area contributed by atoms with Crippen LogP contribution in [0.3, 0.4) is 0 Å². The van der Waals surface area contributed by atoms with Gasteiger partial charge < -0.3 is 9.84 Å². The molecular weight excluding hydrogens is 200 g/mol. The molecule has 0 saturated carbocycles. The molecule has 0 aliphatic rings. The Labute approximate surface area is 87.7 Å². The van der Waals surface area contributed by atoms with Gasteiger partial charge in [-0.1, -0.05) is 19.8 Å². The molecule has 0 aromatic rings. The maximum atomic E-state index is 11.1. The third kappa shape index (κ3) is 6.42. The van der Waals surface area contributed by atoms with E-state index in [4.69, 9.17) is 9.84 Å². The molecule has 0 aliphatic heterocycles. The summed E-state index contributed by atoms with van der Waals surface area (Å²) in [6.07, 6.45) is 3.34. The molecule has 0 aromatic heterocycles. The molecule has 15 heavy (non-hydrogen) atoms. The van der Waals surface area contributed by atoms with Gasteiger partial charge in [-0.3, -0.25) is 4.79 Å². The van der Waals surface area contributed by atoms with Crippen molar-refractivity contribution in [3.05, 3.63) is 11.6 Å². The molecule has 0 saturated heterocycles. The van der Waals surface area contributed by atoms with E-state index in [1.807, 2.05) is 6.92 Å². The minimum absolute atomic E-state index is 0.177. The molecule has 0 spiro atoms. The number of rotatable bonds is 7. The fourth-order valence-electron chi connectivity index (χ4n) is 0.874. The van der Waals surface area contributed by atoms with Crippen molar-refractivity contribution in [3.63, 3.8) is 0 Å². The third-order valence-corrected chi connectivity index (χ3v) is 1.62. The van der Waals surface area contributed by atoms with Crippen LogP contribution in [-0.4, -0.2) is 29.9 Å². The average molecular weight is 214 g/mol. The summed E-state index contributed by atoms with van der Waals surface area (Å²) in [5, 5.41) is 8.33. The van der Waals surface area contributed by atoms with Crippen LogP contribution in [0.25, 0.3) is 0 Å². The first-order chi connectivity index (χ1) is 7.11. The van der Waals surface area contributed by atoms with E-state index in [0.717, 1.165) is 12.8 Å². The summed E-state index contributed by atoms with van der Waals surface area (Å²) < 4.78 is 4.70. The second-order valence-corrected chi connectivity index (χ2v) is 2.90. The van der Waals surface area contributed by atoms with Crippen molar-refractivity contribution in [3.8, 4) is 0 Å². The van der Waals surface area contributed by atoms with E-state index in [2.05, 4.69) is 0 Å². The zero-order chi connectivity index (χ0) is 11.7. The molecular formula is C10H14O5. The summed E-state index contributed by atoms with van der Waals surface area (Å²) in [6.45, 7) is 2.21. The van der Waals surface area contributed by atoms with E-state index in [1.165, 1.54) is 0 Å². The number of ether oxygens (including phenoxy) is 1. The summed E-state index contributed by atoms with van der Waals surface area (Å²) in [4.78, 5) is 31.6. The highest BCUT2D eigenvalue weighted by atomic mass is 16.5. The number of esters is 1.